The Morgan fingerprint density at radius 1 is 1.18 bits per heavy atom. The minimum Gasteiger partial charge on any atom is -0.342 e. The Morgan fingerprint density at radius 3 is 2.24 bits per heavy atom. The normalized spacial score (nSPS) is 16.3. The van der Waals surface area contributed by atoms with E-state index in [1.54, 1.807) is 12.1 Å². The van der Waals surface area contributed by atoms with Crippen LogP contribution in [0.25, 0.3) is 0 Å². The molecule has 1 saturated heterocycles. The molecule has 0 aliphatic carbocycles. The van der Waals surface area contributed by atoms with E-state index in [2.05, 4.69) is 0 Å². The zero-order chi connectivity index (χ0) is 12.5. The molecular formula is C14H18FNO. The van der Waals surface area contributed by atoms with Gasteiger partial charge in [0, 0.05) is 13.1 Å². The predicted octanol–water partition coefficient (Wildman–Crippen LogP) is 2.73. The molecule has 0 saturated carbocycles. The summed E-state index contributed by atoms with van der Waals surface area (Å²) in [6.45, 7) is 5.51. The van der Waals surface area contributed by atoms with Crippen LogP contribution in [-0.4, -0.2) is 23.9 Å². The predicted molar refractivity (Wildman–Crippen MR) is 65.2 cm³/mol. The molecule has 0 spiro atoms. The molecule has 2 nitrogen and oxygen atoms in total. The lowest BCUT2D eigenvalue weighted by molar-refractivity contribution is -0.135. The van der Waals surface area contributed by atoms with Crippen LogP contribution in [-0.2, 0) is 10.2 Å². The summed E-state index contributed by atoms with van der Waals surface area (Å²) in [6.07, 6.45) is 2.18. The van der Waals surface area contributed by atoms with Gasteiger partial charge in [-0.25, -0.2) is 4.39 Å². The maximum atomic E-state index is 12.9. The van der Waals surface area contributed by atoms with Crippen LogP contribution in [0, 0.1) is 5.82 Å². The van der Waals surface area contributed by atoms with Crippen LogP contribution in [0.2, 0.25) is 0 Å². The van der Waals surface area contributed by atoms with Crippen molar-refractivity contribution in [2.24, 2.45) is 0 Å². The van der Waals surface area contributed by atoms with Crippen molar-refractivity contribution in [1.29, 1.82) is 0 Å². The van der Waals surface area contributed by atoms with E-state index in [0.29, 0.717) is 0 Å². The van der Waals surface area contributed by atoms with Crippen molar-refractivity contribution in [2.75, 3.05) is 13.1 Å². The van der Waals surface area contributed by atoms with Gasteiger partial charge in [0.2, 0.25) is 5.91 Å². The van der Waals surface area contributed by atoms with Gasteiger partial charge in [-0.3, -0.25) is 4.79 Å². The van der Waals surface area contributed by atoms with Crippen molar-refractivity contribution < 1.29 is 9.18 Å². The third kappa shape index (κ3) is 2.33. The van der Waals surface area contributed by atoms with Crippen LogP contribution >= 0.6 is 0 Å². The standard InChI is InChI=1S/C14H18FNO/c1-14(2,11-5-7-12(15)8-6-11)13(17)16-9-3-4-10-16/h5-8H,3-4,9-10H2,1-2H3. The third-order valence-corrected chi connectivity index (χ3v) is 3.49. The Kier molecular flexibility index (Phi) is 3.18. The van der Waals surface area contributed by atoms with Gasteiger partial charge in [-0.1, -0.05) is 12.1 Å². The topological polar surface area (TPSA) is 20.3 Å². The van der Waals surface area contributed by atoms with E-state index in [0.717, 1.165) is 31.5 Å². The van der Waals surface area contributed by atoms with Gasteiger partial charge in [0.15, 0.2) is 0 Å². The second kappa shape index (κ2) is 4.47. The summed E-state index contributed by atoms with van der Waals surface area (Å²) < 4.78 is 12.9. The van der Waals surface area contributed by atoms with Crippen molar-refractivity contribution in [1.82, 2.24) is 4.90 Å². The van der Waals surface area contributed by atoms with E-state index in [1.165, 1.54) is 12.1 Å². The van der Waals surface area contributed by atoms with Crippen LogP contribution in [0.15, 0.2) is 24.3 Å². The first-order valence-corrected chi connectivity index (χ1v) is 6.07. The van der Waals surface area contributed by atoms with Crippen molar-refractivity contribution in [2.45, 2.75) is 32.1 Å². The Bertz CT molecular complexity index is 405. The average molecular weight is 235 g/mol. The van der Waals surface area contributed by atoms with E-state index in [9.17, 15) is 9.18 Å². The number of benzene rings is 1. The number of nitrogens with zero attached hydrogens (tertiary/aromatic N) is 1. The van der Waals surface area contributed by atoms with Gasteiger partial charge in [-0.05, 0) is 44.4 Å². The molecule has 1 aromatic rings. The maximum absolute atomic E-state index is 12.9. The lowest BCUT2D eigenvalue weighted by Crippen LogP contribution is -2.41. The van der Waals surface area contributed by atoms with E-state index in [1.807, 2.05) is 18.7 Å². The molecule has 0 radical (unpaired) electrons. The molecule has 0 atom stereocenters. The van der Waals surface area contributed by atoms with E-state index >= 15 is 0 Å². The molecule has 1 heterocycles. The molecule has 0 N–H and O–H groups in total. The highest BCUT2D eigenvalue weighted by Crippen LogP contribution is 2.27. The van der Waals surface area contributed by atoms with E-state index < -0.39 is 5.41 Å². The van der Waals surface area contributed by atoms with Gasteiger partial charge in [0.25, 0.3) is 0 Å². The summed E-state index contributed by atoms with van der Waals surface area (Å²) >= 11 is 0. The van der Waals surface area contributed by atoms with Gasteiger partial charge in [-0.2, -0.15) is 0 Å². The molecule has 1 fully saturated rings. The van der Waals surface area contributed by atoms with Gasteiger partial charge < -0.3 is 4.90 Å². The highest BCUT2D eigenvalue weighted by molar-refractivity contribution is 5.87. The second-order valence-corrected chi connectivity index (χ2v) is 5.13. The first kappa shape index (κ1) is 12.1. The molecule has 0 aromatic heterocycles. The Hall–Kier alpha value is -1.38. The second-order valence-electron chi connectivity index (χ2n) is 5.13. The fraction of sp³-hybridized carbons (Fsp3) is 0.500. The molecule has 1 aliphatic rings. The van der Waals surface area contributed by atoms with Crippen LogP contribution < -0.4 is 0 Å². The number of hydrogen-bond acceptors (Lipinski definition) is 1. The molecular weight excluding hydrogens is 217 g/mol. The highest BCUT2D eigenvalue weighted by atomic mass is 19.1. The van der Waals surface area contributed by atoms with Crippen LogP contribution in [0.4, 0.5) is 4.39 Å². The number of carbonyl (C=O) groups excluding carboxylic acids is 1. The minimum absolute atomic E-state index is 0.140. The van der Waals surface area contributed by atoms with Gasteiger partial charge in [0.1, 0.15) is 5.82 Å². The fourth-order valence-electron chi connectivity index (χ4n) is 2.31. The number of amides is 1. The average Bonchev–Trinajstić information content (AvgIpc) is 2.82. The van der Waals surface area contributed by atoms with Gasteiger partial charge in [-0.15, -0.1) is 0 Å². The zero-order valence-electron chi connectivity index (χ0n) is 10.4. The van der Waals surface area contributed by atoms with Crippen LogP contribution in [0.5, 0.6) is 0 Å². The first-order valence-electron chi connectivity index (χ1n) is 6.07. The molecule has 1 aromatic carbocycles. The molecule has 2 rings (SSSR count). The summed E-state index contributed by atoms with van der Waals surface area (Å²) in [6, 6.07) is 6.22. The molecule has 3 heteroatoms. The van der Waals surface area contributed by atoms with Gasteiger partial charge in [0.05, 0.1) is 5.41 Å². The van der Waals surface area contributed by atoms with Crippen molar-refractivity contribution in [3.63, 3.8) is 0 Å². The van der Waals surface area contributed by atoms with Crippen molar-refractivity contribution in [3.8, 4) is 0 Å². The number of rotatable bonds is 2. The Balaban J connectivity index is 2.22. The fourth-order valence-corrected chi connectivity index (χ4v) is 2.31. The van der Waals surface area contributed by atoms with E-state index in [-0.39, 0.29) is 11.7 Å². The molecule has 0 bridgehead atoms. The van der Waals surface area contributed by atoms with E-state index in [4.69, 9.17) is 0 Å². The summed E-state index contributed by atoms with van der Waals surface area (Å²) in [5.74, 6) is -0.125. The molecule has 1 amide bonds. The van der Waals surface area contributed by atoms with Crippen LogP contribution in [0.1, 0.15) is 32.3 Å². The largest absolute Gasteiger partial charge is 0.342 e. The van der Waals surface area contributed by atoms with Gasteiger partial charge >= 0.3 is 0 Å². The first-order chi connectivity index (χ1) is 8.01. The summed E-state index contributed by atoms with van der Waals surface area (Å²) in [4.78, 5) is 14.3. The monoisotopic (exact) mass is 235 g/mol. The lowest BCUT2D eigenvalue weighted by atomic mass is 9.83. The Morgan fingerprint density at radius 2 is 1.71 bits per heavy atom. The summed E-state index contributed by atoms with van der Waals surface area (Å²) in [5, 5.41) is 0. The molecule has 17 heavy (non-hydrogen) atoms. The third-order valence-electron chi connectivity index (χ3n) is 3.49. The van der Waals surface area contributed by atoms with Crippen molar-refractivity contribution >= 4 is 5.91 Å². The molecule has 0 unspecified atom stereocenters. The lowest BCUT2D eigenvalue weighted by Gasteiger charge is -2.29. The quantitative estimate of drug-likeness (QED) is 0.771. The summed E-state index contributed by atoms with van der Waals surface area (Å²) in [5.41, 5.74) is 0.300. The SMILES string of the molecule is CC(C)(C(=O)N1CCCC1)c1ccc(F)cc1. The molecule has 92 valence electrons. The Labute approximate surface area is 101 Å². The number of likely N-dealkylation sites (tertiary alicyclic amines) is 1. The van der Waals surface area contributed by atoms with Crippen LogP contribution in [0.3, 0.4) is 0 Å². The van der Waals surface area contributed by atoms with Crippen molar-refractivity contribution in [3.05, 3.63) is 35.6 Å². The minimum atomic E-state index is -0.571. The maximum Gasteiger partial charge on any atom is 0.232 e. The number of halogens is 1. The number of hydrogen-bond donors (Lipinski definition) is 0. The molecule has 1 aliphatic heterocycles. The zero-order valence-corrected chi connectivity index (χ0v) is 10.4. The summed E-state index contributed by atoms with van der Waals surface area (Å²) in [7, 11) is 0. The number of carbonyl (C=O) groups is 1. The smallest absolute Gasteiger partial charge is 0.232 e. The highest BCUT2D eigenvalue weighted by Gasteiger charge is 2.34.